The summed E-state index contributed by atoms with van der Waals surface area (Å²) >= 11 is 0. The molecule has 0 bridgehead atoms. The fraction of sp³-hybridized carbons (Fsp3) is 0.406. The molecule has 0 aliphatic carbocycles. The highest BCUT2D eigenvalue weighted by atomic mass is 19.4. The van der Waals surface area contributed by atoms with Gasteiger partial charge in [-0.3, -0.25) is 9.69 Å². The lowest BCUT2D eigenvalue weighted by molar-refractivity contribution is -0.143. The number of pyridine rings is 1. The number of alkyl halides is 6. The zero-order valence-corrected chi connectivity index (χ0v) is 25.1. The molecule has 1 amide bonds. The van der Waals surface area contributed by atoms with Crippen LogP contribution in [-0.2, 0) is 34.8 Å². The van der Waals surface area contributed by atoms with Crippen LogP contribution in [0.3, 0.4) is 0 Å². The minimum Gasteiger partial charge on any atom is -0.496 e. The molecule has 2 saturated heterocycles. The van der Waals surface area contributed by atoms with Gasteiger partial charge in [0.05, 0.1) is 36.5 Å². The monoisotopic (exact) mass is 651 g/mol. The van der Waals surface area contributed by atoms with E-state index < -0.39 is 53.3 Å². The number of aliphatic carboxylic acids is 1. The number of carbonyl (C=O) groups is 2. The van der Waals surface area contributed by atoms with Gasteiger partial charge in [-0.05, 0) is 79.8 Å². The van der Waals surface area contributed by atoms with Crippen molar-refractivity contribution in [1.82, 2.24) is 9.88 Å². The number of hydrogen-bond acceptors (Lipinski definition) is 6. The molecule has 0 saturated carbocycles. The molecule has 0 spiro atoms. The molecule has 1 N–H and O–H groups in total. The zero-order chi connectivity index (χ0) is 33.6. The predicted octanol–water partition coefficient (Wildman–Crippen LogP) is 7.41. The maximum Gasteiger partial charge on any atom is 0.416 e. The molecule has 1 aromatic heterocycles. The van der Waals surface area contributed by atoms with Gasteiger partial charge in [0.25, 0.3) is 0 Å². The Morgan fingerprint density at radius 2 is 1.70 bits per heavy atom. The molecule has 46 heavy (non-hydrogen) atoms. The van der Waals surface area contributed by atoms with E-state index in [-0.39, 0.29) is 25.5 Å². The number of amides is 1. The van der Waals surface area contributed by atoms with Crippen molar-refractivity contribution in [2.45, 2.75) is 64.2 Å². The number of hydrogen-bond donors (Lipinski definition) is 1. The van der Waals surface area contributed by atoms with Crippen molar-refractivity contribution in [3.05, 3.63) is 76.0 Å². The van der Waals surface area contributed by atoms with Crippen LogP contribution in [-0.4, -0.2) is 53.3 Å². The second-order valence-corrected chi connectivity index (χ2v) is 11.3. The van der Waals surface area contributed by atoms with Gasteiger partial charge < -0.3 is 19.5 Å². The lowest BCUT2D eigenvalue weighted by Gasteiger charge is -2.33. The summed E-state index contributed by atoms with van der Waals surface area (Å²) < 4.78 is 92.5. The van der Waals surface area contributed by atoms with Crippen molar-refractivity contribution in [2.24, 2.45) is 0 Å². The average molecular weight is 652 g/mol. The molecule has 246 valence electrons. The molecule has 3 aromatic rings. The molecule has 8 nitrogen and oxygen atoms in total. The second-order valence-electron chi connectivity index (χ2n) is 11.3. The number of aryl methyl sites for hydroxylation is 1. The van der Waals surface area contributed by atoms with Crippen molar-refractivity contribution in [2.75, 3.05) is 25.1 Å². The van der Waals surface area contributed by atoms with Gasteiger partial charge in [-0.25, -0.2) is 9.78 Å². The normalized spacial score (nSPS) is 18.4. The number of halogens is 6. The van der Waals surface area contributed by atoms with Crippen molar-refractivity contribution >= 4 is 17.9 Å². The molecule has 0 radical (unpaired) electrons. The number of carbonyl (C=O) groups excluding carboxylic acids is 1. The Balaban J connectivity index is 1.56. The number of anilines is 1. The van der Waals surface area contributed by atoms with E-state index >= 15 is 0 Å². The number of ether oxygens (including phenoxy) is 2. The first-order valence-electron chi connectivity index (χ1n) is 14.5. The van der Waals surface area contributed by atoms with Crippen LogP contribution in [0.25, 0.3) is 11.1 Å². The van der Waals surface area contributed by atoms with Gasteiger partial charge in [0.2, 0.25) is 0 Å². The summed E-state index contributed by atoms with van der Waals surface area (Å²) in [5.74, 6) is 0.139. The Kier molecular flexibility index (Phi) is 8.84. The second kappa shape index (κ2) is 12.4. The SMILES string of the molecule is COc1ccc(CCC(=O)O)c(C)c1-c1ccc(N2CCC2)nc1CN1C(=O)O[C@H](c2cc(C(F)(F)F)cc(C(F)(F)F)c2)[C@@H]1C. The molecular weight excluding hydrogens is 620 g/mol. The third kappa shape index (κ3) is 6.56. The zero-order valence-electron chi connectivity index (χ0n) is 25.1. The van der Waals surface area contributed by atoms with Crippen LogP contribution in [0.15, 0.2) is 42.5 Å². The molecule has 0 unspecified atom stereocenters. The van der Waals surface area contributed by atoms with Gasteiger partial charge in [-0.15, -0.1) is 0 Å². The van der Waals surface area contributed by atoms with Crippen molar-refractivity contribution in [3.8, 4) is 16.9 Å². The van der Waals surface area contributed by atoms with Gasteiger partial charge in [-0.1, -0.05) is 6.07 Å². The number of aromatic nitrogens is 1. The summed E-state index contributed by atoms with van der Waals surface area (Å²) in [4.78, 5) is 32.6. The Hall–Kier alpha value is -4.49. The van der Waals surface area contributed by atoms with Gasteiger partial charge in [-0.2, -0.15) is 26.3 Å². The fourth-order valence-corrected chi connectivity index (χ4v) is 5.77. The summed E-state index contributed by atoms with van der Waals surface area (Å²) in [5, 5.41) is 9.23. The summed E-state index contributed by atoms with van der Waals surface area (Å²) in [6, 6.07) is 7.31. The number of methoxy groups -OCH3 is 1. The molecule has 3 heterocycles. The van der Waals surface area contributed by atoms with E-state index in [0.29, 0.717) is 40.5 Å². The first-order valence-corrected chi connectivity index (χ1v) is 14.5. The Morgan fingerprint density at radius 3 is 2.24 bits per heavy atom. The quantitative estimate of drug-likeness (QED) is 0.241. The summed E-state index contributed by atoms with van der Waals surface area (Å²) in [7, 11) is 1.48. The van der Waals surface area contributed by atoms with E-state index in [1.807, 2.05) is 24.0 Å². The lowest BCUT2D eigenvalue weighted by Crippen LogP contribution is -2.38. The Labute approximate surface area is 260 Å². The third-order valence-corrected chi connectivity index (χ3v) is 8.43. The average Bonchev–Trinajstić information content (AvgIpc) is 3.23. The minimum atomic E-state index is -5.06. The molecular formula is C32H31F6N3O5. The molecule has 14 heteroatoms. The molecule has 2 atom stereocenters. The molecule has 2 aliphatic rings. The summed E-state index contributed by atoms with van der Waals surface area (Å²) in [6.45, 7) is 4.65. The van der Waals surface area contributed by atoms with Gasteiger partial charge in [0, 0.05) is 30.6 Å². The standard InChI is InChI=1S/C32H31F6N3O5/c1-17-19(6-10-27(42)43)5-8-25(45-3)28(17)23-7-9-26(40-11-4-12-40)39-24(23)16-41-18(2)29(46-30(41)44)20-13-21(31(33,34)35)15-22(14-20)32(36,37)38/h5,7-9,13-15,18,29H,4,6,10-12,16H2,1-3H3,(H,42,43)/t18-,29-/m0/s1. The van der Waals surface area contributed by atoms with Crippen molar-refractivity contribution in [3.63, 3.8) is 0 Å². The smallest absolute Gasteiger partial charge is 0.416 e. The van der Waals surface area contributed by atoms with Gasteiger partial charge in [0.1, 0.15) is 17.7 Å². The highest BCUT2D eigenvalue weighted by molar-refractivity contribution is 5.79. The highest BCUT2D eigenvalue weighted by Crippen LogP contribution is 2.43. The van der Waals surface area contributed by atoms with Crippen molar-refractivity contribution in [1.29, 1.82) is 0 Å². The first-order chi connectivity index (χ1) is 21.6. The fourth-order valence-electron chi connectivity index (χ4n) is 5.77. The summed E-state index contributed by atoms with van der Waals surface area (Å²) in [6.07, 6.45) is -11.4. The first kappa shape index (κ1) is 32.9. The van der Waals surface area contributed by atoms with Crippen LogP contribution in [0.5, 0.6) is 5.75 Å². The molecule has 5 rings (SSSR count). The highest BCUT2D eigenvalue weighted by Gasteiger charge is 2.43. The lowest BCUT2D eigenvalue weighted by atomic mass is 9.92. The van der Waals surface area contributed by atoms with E-state index in [1.165, 1.54) is 18.9 Å². The van der Waals surface area contributed by atoms with E-state index in [9.17, 15) is 41.0 Å². The Bertz CT molecular complexity index is 1620. The van der Waals surface area contributed by atoms with Crippen molar-refractivity contribution < 1.29 is 50.5 Å². The van der Waals surface area contributed by atoms with Crippen LogP contribution < -0.4 is 9.64 Å². The predicted molar refractivity (Wildman–Crippen MR) is 154 cm³/mol. The topological polar surface area (TPSA) is 92.2 Å². The van der Waals surface area contributed by atoms with Crippen LogP contribution in [0.2, 0.25) is 0 Å². The Morgan fingerprint density at radius 1 is 1.04 bits per heavy atom. The number of nitrogens with zero attached hydrogens (tertiary/aromatic N) is 3. The van der Waals surface area contributed by atoms with Crippen LogP contribution in [0.1, 0.15) is 59.4 Å². The maximum atomic E-state index is 13.6. The maximum absolute atomic E-state index is 13.6. The largest absolute Gasteiger partial charge is 0.496 e. The molecule has 2 fully saturated rings. The number of cyclic esters (lactones) is 1. The van der Waals surface area contributed by atoms with Gasteiger partial charge in [0.15, 0.2) is 0 Å². The van der Waals surface area contributed by atoms with E-state index in [4.69, 9.17) is 14.5 Å². The third-order valence-electron chi connectivity index (χ3n) is 8.43. The molecule has 2 aromatic carbocycles. The van der Waals surface area contributed by atoms with E-state index in [2.05, 4.69) is 0 Å². The number of carboxylic acid groups (broad SMARTS) is 1. The number of benzene rings is 2. The van der Waals surface area contributed by atoms with Crippen LogP contribution >= 0.6 is 0 Å². The number of rotatable bonds is 9. The number of carboxylic acids is 1. The van der Waals surface area contributed by atoms with Crippen LogP contribution in [0, 0.1) is 6.92 Å². The van der Waals surface area contributed by atoms with E-state index in [0.717, 1.165) is 30.6 Å². The summed E-state index contributed by atoms with van der Waals surface area (Å²) in [5.41, 5.74) is -0.368. The van der Waals surface area contributed by atoms with Gasteiger partial charge >= 0.3 is 24.4 Å². The van der Waals surface area contributed by atoms with E-state index in [1.54, 1.807) is 12.1 Å². The molecule has 2 aliphatic heterocycles. The van der Waals surface area contributed by atoms with Crippen LogP contribution in [0.4, 0.5) is 37.0 Å². The minimum absolute atomic E-state index is 0.0283.